The second-order valence-corrected chi connectivity index (χ2v) is 6.14. The zero-order valence-corrected chi connectivity index (χ0v) is 13.4. The number of ether oxygens (including phenoxy) is 2. The summed E-state index contributed by atoms with van der Waals surface area (Å²) in [6, 6.07) is 7.09. The third-order valence-corrected chi connectivity index (χ3v) is 3.93. The Morgan fingerprint density at radius 3 is 2.36 bits per heavy atom. The van der Waals surface area contributed by atoms with Crippen LogP contribution in [0.1, 0.15) is 32.3 Å². The molecule has 1 aromatic carbocycles. The normalized spacial score (nSPS) is 17.2. The van der Waals surface area contributed by atoms with Crippen LogP contribution in [0.15, 0.2) is 30.0 Å². The third-order valence-electron chi connectivity index (χ3n) is 3.49. The van der Waals surface area contributed by atoms with Crippen LogP contribution in [0.2, 0.25) is 0 Å². The van der Waals surface area contributed by atoms with Crippen LogP contribution in [0, 0.1) is 0 Å². The molecule has 2 rings (SSSR count). The minimum Gasteiger partial charge on any atom is -0.450 e. The Kier molecular flexibility index (Phi) is 4.64. The number of nitrogens with two attached hydrogens (primary N) is 2. The predicted octanol–water partition coefficient (Wildman–Crippen LogP) is 1.72. The molecule has 1 aliphatic rings. The molecule has 122 valence electrons. The van der Waals surface area contributed by atoms with Crippen molar-refractivity contribution in [3.8, 4) is 0 Å². The molecule has 0 unspecified atom stereocenters. The van der Waals surface area contributed by atoms with E-state index in [-0.39, 0.29) is 12.4 Å². The van der Waals surface area contributed by atoms with E-state index in [0.717, 1.165) is 0 Å². The molecule has 1 heterocycles. The number of hydrogen-bond donors (Lipinski definition) is 2. The average molecular weight is 328 g/mol. The van der Waals surface area contributed by atoms with Gasteiger partial charge in [-0.05, 0) is 12.1 Å². The Hall–Kier alpha value is -1.77. The van der Waals surface area contributed by atoms with Gasteiger partial charge in [-0.25, -0.2) is 9.32 Å². The Balaban J connectivity index is 2.39. The van der Waals surface area contributed by atoms with Crippen molar-refractivity contribution < 1.29 is 22.1 Å². The van der Waals surface area contributed by atoms with Crippen LogP contribution >= 0.6 is 0 Å². The second-order valence-electron chi connectivity index (χ2n) is 4.92. The van der Waals surface area contributed by atoms with Crippen molar-refractivity contribution in [2.45, 2.75) is 32.5 Å². The lowest BCUT2D eigenvalue weighted by Crippen LogP contribution is -2.29. The molecule has 1 aliphatic heterocycles. The highest BCUT2D eigenvalue weighted by Crippen LogP contribution is 2.42. The quantitative estimate of drug-likeness (QED) is 0.769. The molecule has 0 bridgehead atoms. The van der Waals surface area contributed by atoms with E-state index in [1.165, 1.54) is 0 Å². The van der Waals surface area contributed by atoms with E-state index < -0.39 is 16.1 Å². The van der Waals surface area contributed by atoms with Crippen molar-refractivity contribution >= 4 is 21.8 Å². The van der Waals surface area contributed by atoms with Gasteiger partial charge in [0, 0.05) is 24.1 Å². The Morgan fingerprint density at radius 2 is 1.82 bits per heavy atom. The summed E-state index contributed by atoms with van der Waals surface area (Å²) in [6.45, 7) is 3.49. The molecule has 0 saturated heterocycles. The fraction of sp³-hybridized carbons (Fsp3) is 0.429. The van der Waals surface area contributed by atoms with E-state index in [4.69, 9.17) is 20.3 Å². The highest BCUT2D eigenvalue weighted by Gasteiger charge is 2.41. The van der Waals surface area contributed by atoms with Crippen molar-refractivity contribution in [2.24, 2.45) is 5.14 Å². The number of benzene rings is 1. The maximum Gasteiger partial charge on any atom is 0.333 e. The van der Waals surface area contributed by atoms with Crippen molar-refractivity contribution in [2.75, 3.05) is 12.3 Å². The van der Waals surface area contributed by atoms with Gasteiger partial charge in [0.1, 0.15) is 6.61 Å². The molecule has 0 spiro atoms. The monoisotopic (exact) mass is 328 g/mol. The summed E-state index contributed by atoms with van der Waals surface area (Å²) >= 11 is 0. The molecule has 0 fully saturated rings. The summed E-state index contributed by atoms with van der Waals surface area (Å²) in [7, 11) is -4.08. The molecular weight excluding hydrogens is 308 g/mol. The zero-order valence-electron chi connectivity index (χ0n) is 12.5. The van der Waals surface area contributed by atoms with Crippen LogP contribution in [0.5, 0.6) is 0 Å². The highest BCUT2D eigenvalue weighted by atomic mass is 32.2. The molecule has 7 nitrogen and oxygen atoms in total. The van der Waals surface area contributed by atoms with Crippen LogP contribution < -0.4 is 10.9 Å². The minimum absolute atomic E-state index is 0.260. The number of anilines is 1. The van der Waals surface area contributed by atoms with Crippen LogP contribution in [-0.2, 0) is 24.0 Å². The molecule has 22 heavy (non-hydrogen) atoms. The molecule has 0 atom stereocenters. The maximum atomic E-state index is 11.0. The van der Waals surface area contributed by atoms with Crippen LogP contribution in [0.3, 0.4) is 0 Å². The molecule has 0 aliphatic carbocycles. The molecule has 0 radical (unpaired) electrons. The summed E-state index contributed by atoms with van der Waals surface area (Å²) in [5.74, 6) is -0.213. The standard InChI is InChI=1S/C14H20N2O5S/c1-3-14(4-2)20-12(9-19-22(16,17)18)13(21-14)10-7-5-6-8-11(10)15/h5-8H,3-4,9,15H2,1-2H3,(H2,16,17,18). The zero-order chi connectivity index (χ0) is 16.4. The van der Waals surface area contributed by atoms with Gasteiger partial charge in [0.05, 0.1) is 0 Å². The molecule has 4 N–H and O–H groups in total. The first-order chi connectivity index (χ1) is 10.3. The molecule has 0 saturated carbocycles. The second kappa shape index (κ2) is 6.15. The minimum atomic E-state index is -4.08. The van der Waals surface area contributed by atoms with Gasteiger partial charge < -0.3 is 15.2 Å². The maximum absolute atomic E-state index is 11.0. The largest absolute Gasteiger partial charge is 0.450 e. The van der Waals surface area contributed by atoms with Gasteiger partial charge in [0.15, 0.2) is 11.5 Å². The van der Waals surface area contributed by atoms with Crippen LogP contribution in [0.4, 0.5) is 5.69 Å². The van der Waals surface area contributed by atoms with Gasteiger partial charge in [0.2, 0.25) is 0 Å². The predicted molar refractivity (Wildman–Crippen MR) is 82.3 cm³/mol. The summed E-state index contributed by atoms with van der Waals surface area (Å²) in [4.78, 5) is 0. The van der Waals surface area contributed by atoms with Crippen LogP contribution in [0.25, 0.3) is 5.76 Å². The molecule has 1 aromatic rings. The molecule has 0 amide bonds. The fourth-order valence-corrected chi connectivity index (χ4v) is 2.48. The number of hydrogen-bond acceptors (Lipinski definition) is 6. The van der Waals surface area contributed by atoms with Crippen LogP contribution in [-0.4, -0.2) is 20.8 Å². The van der Waals surface area contributed by atoms with E-state index >= 15 is 0 Å². The third kappa shape index (κ3) is 3.52. The van der Waals surface area contributed by atoms with E-state index in [1.807, 2.05) is 13.8 Å². The molecule has 0 aromatic heterocycles. The lowest BCUT2D eigenvalue weighted by Gasteiger charge is -2.26. The van der Waals surface area contributed by atoms with Crippen molar-refractivity contribution in [3.63, 3.8) is 0 Å². The summed E-state index contributed by atoms with van der Waals surface area (Å²) < 4.78 is 38.4. The Morgan fingerprint density at radius 1 is 1.18 bits per heavy atom. The first kappa shape index (κ1) is 16.6. The lowest BCUT2D eigenvalue weighted by molar-refractivity contribution is -0.148. The Labute approximate surface area is 130 Å². The van der Waals surface area contributed by atoms with E-state index in [9.17, 15) is 8.42 Å². The van der Waals surface area contributed by atoms with Gasteiger partial charge in [0.25, 0.3) is 5.79 Å². The number of para-hydroxylation sites is 1. The van der Waals surface area contributed by atoms with Gasteiger partial charge >= 0.3 is 10.3 Å². The van der Waals surface area contributed by atoms with Crippen molar-refractivity contribution in [1.82, 2.24) is 0 Å². The van der Waals surface area contributed by atoms with Crippen molar-refractivity contribution in [3.05, 3.63) is 35.6 Å². The first-order valence-corrected chi connectivity index (χ1v) is 8.40. The molecule has 8 heteroatoms. The summed E-state index contributed by atoms with van der Waals surface area (Å²) in [5, 5.41) is 4.87. The van der Waals surface area contributed by atoms with Gasteiger partial charge in [-0.2, -0.15) is 8.42 Å². The number of nitrogen functional groups attached to an aromatic ring is 1. The van der Waals surface area contributed by atoms with Gasteiger partial charge in [-0.3, -0.25) is 0 Å². The Bertz CT molecular complexity index is 680. The molecular formula is C14H20N2O5S. The van der Waals surface area contributed by atoms with Crippen molar-refractivity contribution in [1.29, 1.82) is 0 Å². The fourth-order valence-electron chi connectivity index (χ4n) is 2.21. The van der Waals surface area contributed by atoms with E-state index in [0.29, 0.717) is 29.9 Å². The summed E-state index contributed by atoms with van der Waals surface area (Å²) in [5.41, 5.74) is 7.08. The van der Waals surface area contributed by atoms with E-state index in [1.54, 1.807) is 24.3 Å². The average Bonchev–Trinajstić information content (AvgIpc) is 2.85. The van der Waals surface area contributed by atoms with E-state index in [2.05, 4.69) is 4.18 Å². The van der Waals surface area contributed by atoms with Gasteiger partial charge in [-0.1, -0.05) is 26.0 Å². The lowest BCUT2D eigenvalue weighted by atomic mass is 10.1. The highest BCUT2D eigenvalue weighted by molar-refractivity contribution is 7.84. The number of rotatable bonds is 6. The summed E-state index contributed by atoms with van der Waals surface area (Å²) in [6.07, 6.45) is 1.16. The topological polar surface area (TPSA) is 114 Å². The van der Waals surface area contributed by atoms with Gasteiger partial charge in [-0.15, -0.1) is 0 Å². The smallest absolute Gasteiger partial charge is 0.333 e. The SMILES string of the molecule is CCC1(CC)OC(COS(N)(=O)=O)=C(c2ccccc2N)O1. The first-order valence-electron chi connectivity index (χ1n) is 6.93.